The van der Waals surface area contributed by atoms with Crippen LogP contribution in [0.5, 0.6) is 0 Å². The molecule has 0 unspecified atom stereocenters. The summed E-state index contributed by atoms with van der Waals surface area (Å²) in [7, 11) is 0. The van der Waals surface area contributed by atoms with Crippen molar-refractivity contribution in [3.8, 4) is 11.3 Å². The lowest BCUT2D eigenvalue weighted by molar-refractivity contribution is 0.398. The molecule has 0 spiro atoms. The van der Waals surface area contributed by atoms with Gasteiger partial charge in [-0.2, -0.15) is 0 Å². The van der Waals surface area contributed by atoms with Crippen LogP contribution in [0.1, 0.15) is 22.5 Å². The Balaban J connectivity index is 2.28. The molecule has 0 atom stereocenters. The Morgan fingerprint density at radius 2 is 2.07 bits per heavy atom. The first-order chi connectivity index (χ1) is 7.25. The third-order valence-corrected chi connectivity index (χ3v) is 3.15. The summed E-state index contributed by atoms with van der Waals surface area (Å²) in [5.74, 6) is 0.970. The van der Waals surface area contributed by atoms with Crippen LogP contribution in [0.2, 0.25) is 0 Å². The van der Waals surface area contributed by atoms with Gasteiger partial charge in [-0.3, -0.25) is 0 Å². The predicted molar refractivity (Wildman–Crippen MR) is 58.8 cm³/mol. The van der Waals surface area contributed by atoms with Gasteiger partial charge in [0.1, 0.15) is 11.5 Å². The van der Waals surface area contributed by atoms with Crippen LogP contribution < -0.4 is 0 Å². The van der Waals surface area contributed by atoms with Gasteiger partial charge in [-0.1, -0.05) is 22.9 Å². The Morgan fingerprint density at radius 1 is 1.20 bits per heavy atom. The summed E-state index contributed by atoms with van der Waals surface area (Å²) in [4.78, 5) is 0. The normalized spacial score (nSPS) is 13.5. The van der Waals surface area contributed by atoms with Crippen molar-refractivity contribution in [1.82, 2.24) is 5.16 Å². The average Bonchev–Trinajstić information content (AvgIpc) is 2.61. The number of aryl methyl sites for hydroxylation is 3. The first-order valence-electron chi connectivity index (χ1n) is 5.31. The number of hydrogen-bond acceptors (Lipinski definition) is 2. The molecule has 2 heteroatoms. The SMILES string of the molecule is Cc1ccc2c(c1)-c1noc(C)c1CC2. The highest BCUT2D eigenvalue weighted by molar-refractivity contribution is 5.70. The van der Waals surface area contributed by atoms with Gasteiger partial charge < -0.3 is 4.52 Å². The van der Waals surface area contributed by atoms with Gasteiger partial charge in [-0.25, -0.2) is 0 Å². The third kappa shape index (κ3) is 1.21. The summed E-state index contributed by atoms with van der Waals surface area (Å²) in [6.45, 7) is 4.11. The molecule has 0 aliphatic heterocycles. The van der Waals surface area contributed by atoms with Crippen LogP contribution in [0.3, 0.4) is 0 Å². The van der Waals surface area contributed by atoms with Crippen molar-refractivity contribution >= 4 is 0 Å². The maximum absolute atomic E-state index is 5.26. The minimum Gasteiger partial charge on any atom is -0.361 e. The zero-order chi connectivity index (χ0) is 10.4. The lowest BCUT2D eigenvalue weighted by Gasteiger charge is -2.15. The fourth-order valence-corrected chi connectivity index (χ4v) is 2.29. The van der Waals surface area contributed by atoms with Gasteiger partial charge in [-0.05, 0) is 38.3 Å². The van der Waals surface area contributed by atoms with E-state index in [9.17, 15) is 0 Å². The molecule has 1 aliphatic carbocycles. The van der Waals surface area contributed by atoms with Gasteiger partial charge in [0.25, 0.3) is 0 Å². The van der Waals surface area contributed by atoms with Crippen molar-refractivity contribution < 1.29 is 4.52 Å². The van der Waals surface area contributed by atoms with Crippen LogP contribution in [-0.2, 0) is 12.8 Å². The van der Waals surface area contributed by atoms with Crippen molar-refractivity contribution in [2.75, 3.05) is 0 Å². The monoisotopic (exact) mass is 199 g/mol. The van der Waals surface area contributed by atoms with Crippen LogP contribution in [-0.4, -0.2) is 5.16 Å². The number of rotatable bonds is 0. The molecule has 2 nitrogen and oxygen atoms in total. The molecule has 1 aromatic carbocycles. The Morgan fingerprint density at radius 3 is 2.93 bits per heavy atom. The molecule has 1 aromatic heterocycles. The Bertz CT molecular complexity index is 525. The van der Waals surface area contributed by atoms with Gasteiger partial charge in [0.05, 0.1) is 0 Å². The van der Waals surface area contributed by atoms with Gasteiger partial charge in [0, 0.05) is 11.1 Å². The highest BCUT2D eigenvalue weighted by Crippen LogP contribution is 2.34. The van der Waals surface area contributed by atoms with Crippen LogP contribution in [0.4, 0.5) is 0 Å². The van der Waals surface area contributed by atoms with Crippen molar-refractivity contribution in [2.24, 2.45) is 0 Å². The van der Waals surface area contributed by atoms with Crippen LogP contribution in [0, 0.1) is 13.8 Å². The molecule has 0 amide bonds. The molecule has 1 heterocycles. The van der Waals surface area contributed by atoms with E-state index >= 15 is 0 Å². The fraction of sp³-hybridized carbons (Fsp3) is 0.308. The molecular weight excluding hydrogens is 186 g/mol. The van der Waals surface area contributed by atoms with Crippen LogP contribution in [0.15, 0.2) is 22.7 Å². The maximum atomic E-state index is 5.26. The minimum absolute atomic E-state index is 0.970. The third-order valence-electron chi connectivity index (χ3n) is 3.15. The average molecular weight is 199 g/mol. The first kappa shape index (κ1) is 8.72. The van der Waals surface area contributed by atoms with Crippen LogP contribution in [0.25, 0.3) is 11.3 Å². The molecule has 0 saturated heterocycles. The van der Waals surface area contributed by atoms with E-state index in [1.54, 1.807) is 0 Å². The number of aromatic nitrogens is 1. The molecule has 15 heavy (non-hydrogen) atoms. The van der Waals surface area contributed by atoms with E-state index in [2.05, 4.69) is 30.3 Å². The van der Waals surface area contributed by atoms with Crippen molar-refractivity contribution in [2.45, 2.75) is 26.7 Å². The number of nitrogens with zero attached hydrogens (tertiary/aromatic N) is 1. The van der Waals surface area contributed by atoms with E-state index in [1.807, 2.05) is 6.92 Å². The number of hydrogen-bond donors (Lipinski definition) is 0. The summed E-state index contributed by atoms with van der Waals surface area (Å²) in [5, 5.41) is 4.16. The molecule has 0 fully saturated rings. The summed E-state index contributed by atoms with van der Waals surface area (Å²) in [6.07, 6.45) is 2.16. The Hall–Kier alpha value is -1.57. The van der Waals surface area contributed by atoms with Crippen LogP contribution >= 0.6 is 0 Å². The second kappa shape index (κ2) is 2.96. The molecule has 1 aliphatic rings. The standard InChI is InChI=1S/C13H13NO/c1-8-3-4-10-5-6-11-9(2)15-14-13(11)12(10)7-8/h3-4,7H,5-6H2,1-2H3. The molecule has 0 bridgehead atoms. The van der Waals surface area contributed by atoms with Gasteiger partial charge in [-0.15, -0.1) is 0 Å². The molecule has 3 rings (SSSR count). The zero-order valence-electron chi connectivity index (χ0n) is 9.00. The highest BCUT2D eigenvalue weighted by Gasteiger charge is 2.21. The minimum atomic E-state index is 0.970. The summed E-state index contributed by atoms with van der Waals surface area (Å²) in [6, 6.07) is 6.57. The Kier molecular flexibility index (Phi) is 1.72. The molecular formula is C13H13NO. The van der Waals surface area contributed by atoms with E-state index in [1.165, 1.54) is 22.3 Å². The Labute approximate surface area is 88.9 Å². The lowest BCUT2D eigenvalue weighted by atomic mass is 9.88. The zero-order valence-corrected chi connectivity index (χ0v) is 9.00. The second-order valence-electron chi connectivity index (χ2n) is 4.23. The second-order valence-corrected chi connectivity index (χ2v) is 4.23. The summed E-state index contributed by atoms with van der Waals surface area (Å²) < 4.78 is 5.26. The summed E-state index contributed by atoms with van der Waals surface area (Å²) in [5.41, 5.74) is 6.27. The highest BCUT2D eigenvalue weighted by atomic mass is 16.5. The predicted octanol–water partition coefficient (Wildman–Crippen LogP) is 3.06. The van der Waals surface area contributed by atoms with Gasteiger partial charge >= 0.3 is 0 Å². The molecule has 0 saturated carbocycles. The maximum Gasteiger partial charge on any atom is 0.137 e. The lowest BCUT2D eigenvalue weighted by Crippen LogP contribution is -2.03. The van der Waals surface area contributed by atoms with Gasteiger partial charge in [0.15, 0.2) is 0 Å². The number of fused-ring (bicyclic) bond motifs is 3. The first-order valence-corrected chi connectivity index (χ1v) is 5.31. The van der Waals surface area contributed by atoms with Crippen molar-refractivity contribution in [3.05, 3.63) is 40.6 Å². The molecule has 2 aromatic rings. The number of benzene rings is 1. The topological polar surface area (TPSA) is 26.0 Å². The van der Waals surface area contributed by atoms with E-state index in [-0.39, 0.29) is 0 Å². The van der Waals surface area contributed by atoms with Crippen molar-refractivity contribution in [3.63, 3.8) is 0 Å². The quantitative estimate of drug-likeness (QED) is 0.651. The summed E-state index contributed by atoms with van der Waals surface area (Å²) >= 11 is 0. The largest absolute Gasteiger partial charge is 0.361 e. The van der Waals surface area contributed by atoms with E-state index < -0.39 is 0 Å². The smallest absolute Gasteiger partial charge is 0.137 e. The molecule has 0 N–H and O–H groups in total. The van der Waals surface area contributed by atoms with E-state index in [4.69, 9.17) is 4.52 Å². The molecule has 0 radical (unpaired) electrons. The fourth-order valence-electron chi connectivity index (χ4n) is 2.29. The van der Waals surface area contributed by atoms with E-state index in [0.717, 1.165) is 24.3 Å². The van der Waals surface area contributed by atoms with Crippen molar-refractivity contribution in [1.29, 1.82) is 0 Å². The van der Waals surface area contributed by atoms with Gasteiger partial charge in [0.2, 0.25) is 0 Å². The van der Waals surface area contributed by atoms with E-state index in [0.29, 0.717) is 0 Å². The molecule has 76 valence electrons.